The van der Waals surface area contributed by atoms with Gasteiger partial charge in [-0.3, -0.25) is 4.90 Å². The third-order valence-electron chi connectivity index (χ3n) is 5.60. The van der Waals surface area contributed by atoms with Gasteiger partial charge in [0.2, 0.25) is 10.0 Å². The van der Waals surface area contributed by atoms with Crippen molar-refractivity contribution < 1.29 is 8.42 Å². The van der Waals surface area contributed by atoms with Crippen molar-refractivity contribution in [2.75, 3.05) is 32.7 Å². The van der Waals surface area contributed by atoms with Crippen LogP contribution in [0.2, 0.25) is 0 Å². The van der Waals surface area contributed by atoms with Crippen molar-refractivity contribution in [2.45, 2.75) is 37.8 Å². The van der Waals surface area contributed by atoms with Gasteiger partial charge in [-0.2, -0.15) is 0 Å². The van der Waals surface area contributed by atoms with Crippen molar-refractivity contribution >= 4 is 40.0 Å². The molecule has 1 fully saturated rings. The third-order valence-corrected chi connectivity index (χ3v) is 6.51. The summed E-state index contributed by atoms with van der Waals surface area (Å²) in [6, 6.07) is 17.8. The first-order valence-corrected chi connectivity index (χ1v) is 12.4. The lowest BCUT2D eigenvalue weighted by Gasteiger charge is -2.40. The number of benzene rings is 2. The molecule has 0 radical (unpaired) electrons. The molecule has 3 N–H and O–H groups in total. The topological polar surface area (TPSA) is 91.0 Å². The predicted molar refractivity (Wildman–Crippen MR) is 141 cm³/mol. The molecule has 0 aromatic heterocycles. The summed E-state index contributed by atoms with van der Waals surface area (Å²) in [6.07, 6.45) is 1.08. The van der Waals surface area contributed by atoms with Gasteiger partial charge in [-0.25, -0.2) is 18.5 Å². The minimum atomic E-state index is -3.71. The first kappa shape index (κ1) is 26.6. The molecular formula is C23H34IN5O2S. The van der Waals surface area contributed by atoms with E-state index < -0.39 is 10.0 Å². The number of nitrogens with zero attached hydrogens (tertiary/aromatic N) is 3. The highest BCUT2D eigenvalue weighted by Gasteiger charge is 2.25. The number of nitrogens with one attached hydrogen (secondary N) is 1. The van der Waals surface area contributed by atoms with E-state index in [1.807, 2.05) is 6.07 Å². The summed E-state index contributed by atoms with van der Waals surface area (Å²) in [5.74, 6) is 0.857. The molecule has 0 amide bonds. The fraction of sp³-hybridized carbons (Fsp3) is 0.435. The molecule has 1 unspecified atom stereocenters. The van der Waals surface area contributed by atoms with Gasteiger partial charge in [0.15, 0.2) is 5.96 Å². The second kappa shape index (κ2) is 12.5. The number of piperazine rings is 1. The Morgan fingerprint density at radius 2 is 1.75 bits per heavy atom. The summed E-state index contributed by atoms with van der Waals surface area (Å²) in [5.41, 5.74) is 2.18. The van der Waals surface area contributed by atoms with Crippen molar-refractivity contribution in [2.24, 2.45) is 10.1 Å². The summed E-state index contributed by atoms with van der Waals surface area (Å²) in [6.45, 7) is 9.20. The summed E-state index contributed by atoms with van der Waals surface area (Å²) in [7, 11) is -3.71. The van der Waals surface area contributed by atoms with Crippen LogP contribution in [0.25, 0.3) is 0 Å². The Morgan fingerprint density at radius 1 is 1.06 bits per heavy atom. The molecule has 32 heavy (non-hydrogen) atoms. The van der Waals surface area contributed by atoms with Crippen LogP contribution < -0.4 is 10.5 Å². The van der Waals surface area contributed by atoms with Crippen LogP contribution in [0.1, 0.15) is 37.4 Å². The highest BCUT2D eigenvalue weighted by Crippen LogP contribution is 2.25. The predicted octanol–water partition coefficient (Wildman–Crippen LogP) is 3.19. The maximum atomic E-state index is 11.6. The number of halogens is 1. The zero-order chi connectivity index (χ0) is 22.3. The van der Waals surface area contributed by atoms with E-state index >= 15 is 0 Å². The molecule has 1 saturated heterocycles. The van der Waals surface area contributed by atoms with Crippen LogP contribution in [0.3, 0.4) is 0 Å². The molecule has 0 saturated carbocycles. The molecule has 1 atom stereocenters. The molecule has 0 bridgehead atoms. The monoisotopic (exact) mass is 571 g/mol. The first-order valence-electron chi connectivity index (χ1n) is 10.9. The average molecular weight is 572 g/mol. The smallest absolute Gasteiger partial charge is 0.238 e. The second-order valence-corrected chi connectivity index (χ2v) is 9.28. The molecule has 2 aromatic carbocycles. The molecule has 0 aliphatic carbocycles. The minimum Gasteiger partial charge on any atom is -0.357 e. The number of hydrogen-bond donors (Lipinski definition) is 2. The van der Waals surface area contributed by atoms with E-state index in [1.54, 1.807) is 12.1 Å². The SMILES string of the molecule is CCNC(=NCc1cccc(S(N)(=O)=O)c1)N1CCN(C(CC)c2ccccc2)CC1.I. The maximum absolute atomic E-state index is 11.6. The molecule has 9 heteroatoms. The highest BCUT2D eigenvalue weighted by atomic mass is 127. The van der Waals surface area contributed by atoms with Gasteiger partial charge >= 0.3 is 0 Å². The van der Waals surface area contributed by atoms with Crippen molar-refractivity contribution in [1.82, 2.24) is 15.1 Å². The summed E-state index contributed by atoms with van der Waals surface area (Å²) >= 11 is 0. The van der Waals surface area contributed by atoms with Crippen molar-refractivity contribution in [1.29, 1.82) is 0 Å². The van der Waals surface area contributed by atoms with Gasteiger partial charge < -0.3 is 10.2 Å². The average Bonchev–Trinajstić information content (AvgIpc) is 2.78. The second-order valence-electron chi connectivity index (χ2n) is 7.72. The van der Waals surface area contributed by atoms with Crippen molar-refractivity contribution in [3.8, 4) is 0 Å². The standard InChI is InChI=1S/C23H33N5O2S.HI/c1-3-22(20-10-6-5-7-11-20)27-13-15-28(16-14-27)23(25-4-2)26-18-19-9-8-12-21(17-19)31(24,29)30;/h5-12,17,22H,3-4,13-16,18H2,1-2H3,(H,25,26)(H2,24,29,30);1H. The van der Waals surface area contributed by atoms with Gasteiger partial charge in [0.25, 0.3) is 0 Å². The number of hydrogen-bond acceptors (Lipinski definition) is 4. The summed E-state index contributed by atoms with van der Waals surface area (Å²) in [5, 5.41) is 8.62. The first-order chi connectivity index (χ1) is 14.9. The van der Waals surface area contributed by atoms with Gasteiger partial charge in [-0.15, -0.1) is 24.0 Å². The van der Waals surface area contributed by atoms with Gasteiger partial charge in [0.1, 0.15) is 0 Å². The number of sulfonamides is 1. The fourth-order valence-electron chi connectivity index (χ4n) is 4.04. The van der Waals surface area contributed by atoms with E-state index in [1.165, 1.54) is 11.6 Å². The molecule has 1 aliphatic rings. The quantitative estimate of drug-likeness (QED) is 0.303. The number of nitrogens with two attached hydrogens (primary N) is 1. The van der Waals surface area contributed by atoms with Gasteiger partial charge in [-0.05, 0) is 36.6 Å². The van der Waals surface area contributed by atoms with Gasteiger partial charge in [-0.1, -0.05) is 49.4 Å². The van der Waals surface area contributed by atoms with Crippen molar-refractivity contribution in [3.63, 3.8) is 0 Å². The van der Waals surface area contributed by atoms with E-state index in [2.05, 4.69) is 59.3 Å². The highest BCUT2D eigenvalue weighted by molar-refractivity contribution is 14.0. The fourth-order valence-corrected chi connectivity index (χ4v) is 4.62. The largest absolute Gasteiger partial charge is 0.357 e. The number of aliphatic imine (C=N–C) groups is 1. The molecule has 2 aromatic rings. The Hall–Kier alpha value is -1.69. The normalized spacial score (nSPS) is 16.3. The zero-order valence-corrected chi connectivity index (χ0v) is 21.9. The maximum Gasteiger partial charge on any atom is 0.238 e. The third kappa shape index (κ3) is 7.16. The van der Waals surface area contributed by atoms with E-state index in [0.29, 0.717) is 12.6 Å². The van der Waals surface area contributed by atoms with Gasteiger partial charge in [0, 0.05) is 38.8 Å². The molecule has 1 heterocycles. The van der Waals surface area contributed by atoms with Crippen LogP contribution in [0.5, 0.6) is 0 Å². The lowest BCUT2D eigenvalue weighted by Crippen LogP contribution is -2.53. The molecule has 3 rings (SSSR count). The van der Waals surface area contributed by atoms with Crippen LogP contribution in [-0.4, -0.2) is 56.9 Å². The molecule has 7 nitrogen and oxygen atoms in total. The van der Waals surface area contributed by atoms with E-state index in [4.69, 9.17) is 10.1 Å². The van der Waals surface area contributed by atoms with Crippen LogP contribution in [0.4, 0.5) is 0 Å². The lowest BCUT2D eigenvalue weighted by molar-refractivity contribution is 0.127. The van der Waals surface area contributed by atoms with Crippen LogP contribution >= 0.6 is 24.0 Å². The Bertz CT molecular complexity index is 977. The van der Waals surface area contributed by atoms with Gasteiger partial charge in [0.05, 0.1) is 11.4 Å². The molecule has 1 aliphatic heterocycles. The summed E-state index contributed by atoms with van der Waals surface area (Å²) < 4.78 is 23.2. The number of primary sulfonamides is 1. The Labute approximate surface area is 209 Å². The van der Waals surface area contributed by atoms with E-state index in [9.17, 15) is 8.42 Å². The van der Waals surface area contributed by atoms with Crippen LogP contribution in [0, 0.1) is 0 Å². The Balaban J connectivity index is 0.00000363. The number of rotatable bonds is 7. The number of guanidine groups is 1. The zero-order valence-electron chi connectivity index (χ0n) is 18.8. The molecule has 176 valence electrons. The lowest BCUT2D eigenvalue weighted by atomic mass is 10.0. The Morgan fingerprint density at radius 3 is 2.34 bits per heavy atom. The van der Waals surface area contributed by atoms with Crippen molar-refractivity contribution in [3.05, 3.63) is 65.7 Å². The van der Waals surface area contributed by atoms with E-state index in [-0.39, 0.29) is 28.9 Å². The summed E-state index contributed by atoms with van der Waals surface area (Å²) in [4.78, 5) is 9.70. The van der Waals surface area contributed by atoms with E-state index in [0.717, 1.165) is 50.7 Å². The Kier molecular flexibility index (Phi) is 10.4. The molecule has 0 spiro atoms. The molecular weight excluding hydrogens is 537 g/mol. The van der Waals surface area contributed by atoms with Crippen LogP contribution in [-0.2, 0) is 16.6 Å². The minimum absolute atomic E-state index is 0. The van der Waals surface area contributed by atoms with Crippen LogP contribution in [0.15, 0.2) is 64.5 Å².